The molecule has 0 spiro atoms. The highest BCUT2D eigenvalue weighted by Gasteiger charge is 2.31. The fourth-order valence-corrected chi connectivity index (χ4v) is 4.71. The van der Waals surface area contributed by atoms with Crippen LogP contribution in [0.25, 0.3) is 0 Å². The van der Waals surface area contributed by atoms with Gasteiger partial charge in [-0.2, -0.15) is 0 Å². The molecule has 0 heterocycles. The summed E-state index contributed by atoms with van der Waals surface area (Å²) in [4.78, 5) is 4.70. The van der Waals surface area contributed by atoms with Crippen LogP contribution < -0.4 is 0 Å². The number of nitrogens with zero attached hydrogens (tertiary/aromatic N) is 1. The average Bonchev–Trinajstić information content (AvgIpc) is 2.91. The maximum absolute atomic E-state index is 11.5. The predicted octanol–water partition coefficient (Wildman–Crippen LogP) is 7.20. The van der Waals surface area contributed by atoms with Crippen LogP contribution in [0.4, 0.5) is 0 Å². The van der Waals surface area contributed by atoms with E-state index in [4.69, 9.17) is 4.99 Å². The second-order valence-electron chi connectivity index (χ2n) is 10.3. The van der Waals surface area contributed by atoms with E-state index in [2.05, 4.69) is 70.2 Å². The molecular weight excluding hydrogens is 442 g/mol. The van der Waals surface area contributed by atoms with Gasteiger partial charge in [0.05, 0.1) is 12.6 Å². The first-order chi connectivity index (χ1) is 17.2. The fraction of sp³-hybridized carbons (Fsp3) is 0.242. The van der Waals surface area contributed by atoms with Crippen LogP contribution in [-0.4, -0.2) is 23.0 Å². The zero-order valence-corrected chi connectivity index (χ0v) is 21.5. The number of aliphatic hydroxyl groups excluding tert-OH is 1. The molecule has 4 rings (SSSR count). The summed E-state index contributed by atoms with van der Waals surface area (Å²) in [6, 6.07) is 34.2. The van der Waals surface area contributed by atoms with Crippen LogP contribution in [0.3, 0.4) is 0 Å². The number of rotatable bonds is 8. The Balaban J connectivity index is 1.88. The maximum atomic E-state index is 11.5. The zero-order valence-electron chi connectivity index (χ0n) is 21.5. The molecule has 0 aromatic heterocycles. The number of aliphatic imine (C=N–C) groups is 1. The van der Waals surface area contributed by atoms with Crippen LogP contribution in [0.5, 0.6) is 5.75 Å². The lowest BCUT2D eigenvalue weighted by atomic mass is 9.72. The summed E-state index contributed by atoms with van der Waals surface area (Å²) in [6.07, 6.45) is 1.71. The van der Waals surface area contributed by atoms with Crippen molar-refractivity contribution in [2.75, 3.05) is 6.61 Å². The zero-order chi connectivity index (χ0) is 25.8. The quantitative estimate of drug-likeness (QED) is 0.264. The van der Waals surface area contributed by atoms with E-state index < -0.39 is 11.5 Å². The molecule has 3 heteroatoms. The van der Waals surface area contributed by atoms with Gasteiger partial charge in [0.2, 0.25) is 0 Å². The van der Waals surface area contributed by atoms with E-state index >= 15 is 0 Å². The maximum Gasteiger partial charge on any atom is 0.128 e. The van der Waals surface area contributed by atoms with Gasteiger partial charge in [-0.1, -0.05) is 125 Å². The molecular formula is C33H35NO2. The highest BCUT2D eigenvalue weighted by atomic mass is 16.3. The fourth-order valence-electron chi connectivity index (χ4n) is 4.71. The molecule has 4 aromatic carbocycles. The minimum Gasteiger partial charge on any atom is -0.507 e. The van der Waals surface area contributed by atoms with Crippen molar-refractivity contribution < 1.29 is 10.2 Å². The Morgan fingerprint density at radius 1 is 0.694 bits per heavy atom. The molecule has 0 aliphatic rings. The first kappa shape index (κ1) is 25.4. The topological polar surface area (TPSA) is 52.8 Å². The molecule has 0 aliphatic carbocycles. The van der Waals surface area contributed by atoms with Crippen LogP contribution in [-0.2, 0) is 10.8 Å². The van der Waals surface area contributed by atoms with Gasteiger partial charge in [0.1, 0.15) is 5.75 Å². The summed E-state index contributed by atoms with van der Waals surface area (Å²) in [5.74, 6) is 0.213. The number of phenols is 1. The van der Waals surface area contributed by atoms with Gasteiger partial charge >= 0.3 is 0 Å². The van der Waals surface area contributed by atoms with Gasteiger partial charge in [-0.05, 0) is 28.3 Å². The standard InChI is InChI=1S/C33H35NO2/c1-32(2,26-16-10-6-11-17-26)28-20-25(22-34-30(23-35)24-14-8-5-9-15-24)31(36)29(21-28)33(3,4)27-18-12-7-13-19-27/h5-22,30,35-36H,23H2,1-4H3/t30-/m0/s1. The average molecular weight is 478 g/mol. The Kier molecular flexibility index (Phi) is 7.42. The summed E-state index contributed by atoms with van der Waals surface area (Å²) >= 11 is 0. The third-order valence-electron chi connectivity index (χ3n) is 7.28. The van der Waals surface area contributed by atoms with Gasteiger partial charge < -0.3 is 10.2 Å². The summed E-state index contributed by atoms with van der Waals surface area (Å²) in [5.41, 5.74) is 5.09. The lowest BCUT2D eigenvalue weighted by molar-refractivity contribution is 0.269. The predicted molar refractivity (Wildman–Crippen MR) is 149 cm³/mol. The lowest BCUT2D eigenvalue weighted by Crippen LogP contribution is -2.24. The number of hydrogen-bond donors (Lipinski definition) is 2. The number of benzene rings is 4. The second-order valence-corrected chi connectivity index (χ2v) is 10.3. The van der Waals surface area contributed by atoms with E-state index in [9.17, 15) is 10.2 Å². The van der Waals surface area contributed by atoms with Crippen LogP contribution in [0.15, 0.2) is 108 Å². The first-order valence-corrected chi connectivity index (χ1v) is 12.4. The van der Waals surface area contributed by atoms with Crippen LogP contribution in [0.2, 0.25) is 0 Å². The molecule has 184 valence electrons. The smallest absolute Gasteiger partial charge is 0.128 e. The second kappa shape index (κ2) is 10.5. The van der Waals surface area contributed by atoms with Crippen LogP contribution in [0.1, 0.15) is 67.1 Å². The van der Waals surface area contributed by atoms with E-state index in [0.717, 1.165) is 22.3 Å². The first-order valence-electron chi connectivity index (χ1n) is 12.4. The van der Waals surface area contributed by atoms with Crippen molar-refractivity contribution in [3.63, 3.8) is 0 Å². The SMILES string of the molecule is CC(C)(c1ccccc1)c1cc(C=N[C@@H](CO)c2ccccc2)c(O)c(C(C)(C)c2ccccc2)c1. The molecule has 0 bridgehead atoms. The van der Waals surface area contributed by atoms with E-state index in [0.29, 0.717) is 5.56 Å². The Morgan fingerprint density at radius 3 is 1.72 bits per heavy atom. The Labute approximate surface area is 214 Å². The monoisotopic (exact) mass is 477 g/mol. The molecule has 0 unspecified atom stereocenters. The normalized spacial score (nSPS) is 13.1. The molecule has 0 fully saturated rings. The summed E-state index contributed by atoms with van der Waals surface area (Å²) in [6.45, 7) is 8.57. The largest absolute Gasteiger partial charge is 0.507 e. The molecule has 0 aliphatic heterocycles. The number of hydrogen-bond acceptors (Lipinski definition) is 3. The van der Waals surface area contributed by atoms with Gasteiger partial charge in [0, 0.05) is 28.2 Å². The van der Waals surface area contributed by atoms with Crippen molar-refractivity contribution in [1.82, 2.24) is 0 Å². The highest BCUT2D eigenvalue weighted by Crippen LogP contribution is 2.42. The molecule has 0 saturated carbocycles. The highest BCUT2D eigenvalue weighted by molar-refractivity contribution is 5.85. The molecule has 0 saturated heterocycles. The number of phenolic OH excluding ortho intramolecular Hbond substituents is 1. The number of aromatic hydroxyl groups is 1. The Bertz CT molecular complexity index is 1310. The minimum absolute atomic E-state index is 0.112. The van der Waals surface area contributed by atoms with E-state index in [-0.39, 0.29) is 17.8 Å². The van der Waals surface area contributed by atoms with Gasteiger partial charge in [-0.3, -0.25) is 4.99 Å². The van der Waals surface area contributed by atoms with Crippen molar-refractivity contribution in [2.45, 2.75) is 44.6 Å². The van der Waals surface area contributed by atoms with Gasteiger partial charge in [-0.15, -0.1) is 0 Å². The van der Waals surface area contributed by atoms with Crippen LogP contribution >= 0.6 is 0 Å². The van der Waals surface area contributed by atoms with Gasteiger partial charge in [0.15, 0.2) is 0 Å². The van der Waals surface area contributed by atoms with E-state index in [1.54, 1.807) is 6.21 Å². The van der Waals surface area contributed by atoms with Crippen LogP contribution in [0, 0.1) is 0 Å². The summed E-state index contributed by atoms with van der Waals surface area (Å²) in [5, 5.41) is 21.6. The van der Waals surface area contributed by atoms with E-state index in [1.807, 2.05) is 60.7 Å². The third kappa shape index (κ3) is 5.12. The van der Waals surface area contributed by atoms with Gasteiger partial charge in [0.25, 0.3) is 0 Å². The van der Waals surface area contributed by atoms with Crippen molar-refractivity contribution in [1.29, 1.82) is 0 Å². The third-order valence-corrected chi connectivity index (χ3v) is 7.28. The van der Waals surface area contributed by atoms with Crippen molar-refractivity contribution in [3.8, 4) is 5.75 Å². The van der Waals surface area contributed by atoms with Crippen molar-refractivity contribution in [2.24, 2.45) is 4.99 Å². The number of aliphatic hydroxyl groups is 1. The molecule has 4 aromatic rings. The Morgan fingerprint density at radius 2 is 1.19 bits per heavy atom. The molecule has 3 nitrogen and oxygen atoms in total. The molecule has 0 amide bonds. The molecule has 2 N–H and O–H groups in total. The van der Waals surface area contributed by atoms with Crippen molar-refractivity contribution in [3.05, 3.63) is 137 Å². The van der Waals surface area contributed by atoms with Gasteiger partial charge in [-0.25, -0.2) is 0 Å². The minimum atomic E-state index is -0.438. The Hall–Kier alpha value is -3.69. The summed E-state index contributed by atoms with van der Waals surface area (Å²) < 4.78 is 0. The van der Waals surface area contributed by atoms with Crippen molar-refractivity contribution >= 4 is 6.21 Å². The molecule has 1 atom stereocenters. The van der Waals surface area contributed by atoms with E-state index in [1.165, 1.54) is 5.56 Å². The summed E-state index contributed by atoms with van der Waals surface area (Å²) in [7, 11) is 0. The molecule has 36 heavy (non-hydrogen) atoms. The lowest BCUT2D eigenvalue weighted by Gasteiger charge is -2.32. The molecule has 0 radical (unpaired) electrons.